The number of aromatic nitrogens is 1. The first-order valence-electron chi connectivity index (χ1n) is 10.6. The van der Waals surface area contributed by atoms with E-state index in [4.69, 9.17) is 16.3 Å². The number of carbonyl (C=O) groups is 1. The minimum Gasteiger partial charge on any atom is -0.465 e. The van der Waals surface area contributed by atoms with Gasteiger partial charge in [-0.15, -0.1) is 0 Å². The Morgan fingerprint density at radius 1 is 0.938 bits per heavy atom. The van der Waals surface area contributed by atoms with Crippen molar-refractivity contribution in [3.8, 4) is 0 Å². The monoisotopic (exact) mass is 441 g/mol. The van der Waals surface area contributed by atoms with Crippen LogP contribution in [0.4, 0.5) is 0 Å². The first-order chi connectivity index (χ1) is 15.6. The molecule has 0 aliphatic heterocycles. The largest absolute Gasteiger partial charge is 0.465 e. The Morgan fingerprint density at radius 2 is 1.78 bits per heavy atom. The highest BCUT2D eigenvalue weighted by Gasteiger charge is 2.10. The van der Waals surface area contributed by atoms with E-state index in [9.17, 15) is 4.79 Å². The van der Waals surface area contributed by atoms with Gasteiger partial charge in [0, 0.05) is 10.4 Å². The molecule has 1 heterocycles. The zero-order valence-corrected chi connectivity index (χ0v) is 18.7. The lowest BCUT2D eigenvalue weighted by Crippen LogP contribution is -2.05. The molecule has 32 heavy (non-hydrogen) atoms. The van der Waals surface area contributed by atoms with Crippen molar-refractivity contribution in [3.05, 3.63) is 112 Å². The maximum absolute atomic E-state index is 11.9. The molecule has 4 heteroatoms. The second-order valence-corrected chi connectivity index (χ2v) is 8.09. The van der Waals surface area contributed by atoms with Gasteiger partial charge in [0.15, 0.2) is 0 Å². The molecule has 3 nitrogen and oxygen atoms in total. The first kappa shape index (κ1) is 21.8. The number of methoxy groups -OCH3 is 1. The summed E-state index contributed by atoms with van der Waals surface area (Å²) < 4.78 is 4.89. The predicted octanol–water partition coefficient (Wildman–Crippen LogP) is 7.02. The van der Waals surface area contributed by atoms with E-state index < -0.39 is 0 Å². The average Bonchev–Trinajstić information content (AvgIpc) is 2.82. The standard InChI is InChI=1S/C28H24ClNO2/c1-32-28(31)26-11-3-2-9-22(26)10-5-8-20-6-4-7-21(18-20)12-16-25-17-14-23-13-15-24(29)19-27(23)30-25/h2-4,6-7,9,11-19H,5,8,10H2,1H3/b16-12+. The van der Waals surface area contributed by atoms with Crippen LogP contribution >= 0.6 is 11.6 Å². The molecule has 0 atom stereocenters. The van der Waals surface area contributed by atoms with Gasteiger partial charge in [0.25, 0.3) is 0 Å². The molecule has 160 valence electrons. The summed E-state index contributed by atoms with van der Waals surface area (Å²) in [6.07, 6.45) is 6.81. The third-order valence-corrected chi connectivity index (χ3v) is 5.64. The summed E-state index contributed by atoms with van der Waals surface area (Å²) in [5.74, 6) is -0.280. The van der Waals surface area contributed by atoms with Gasteiger partial charge in [-0.1, -0.05) is 72.3 Å². The number of ether oxygens (including phenoxy) is 1. The Bertz CT molecular complexity index is 1280. The van der Waals surface area contributed by atoms with Crippen molar-refractivity contribution in [1.82, 2.24) is 4.98 Å². The lowest BCUT2D eigenvalue weighted by molar-refractivity contribution is 0.0599. The molecule has 3 aromatic carbocycles. The number of hydrogen-bond acceptors (Lipinski definition) is 3. The fourth-order valence-corrected chi connectivity index (χ4v) is 3.93. The van der Waals surface area contributed by atoms with Crippen LogP contribution in [0.2, 0.25) is 5.02 Å². The molecule has 4 rings (SSSR count). The minimum atomic E-state index is -0.280. The highest BCUT2D eigenvalue weighted by Crippen LogP contribution is 2.19. The van der Waals surface area contributed by atoms with Crippen molar-refractivity contribution in [3.63, 3.8) is 0 Å². The summed E-state index contributed by atoms with van der Waals surface area (Å²) in [7, 11) is 1.42. The molecule has 0 radical (unpaired) electrons. The summed E-state index contributed by atoms with van der Waals surface area (Å²) in [4.78, 5) is 16.6. The molecule has 1 aromatic heterocycles. The number of pyridine rings is 1. The Morgan fingerprint density at radius 3 is 2.66 bits per heavy atom. The highest BCUT2D eigenvalue weighted by atomic mass is 35.5. The van der Waals surface area contributed by atoms with Crippen molar-refractivity contribution in [1.29, 1.82) is 0 Å². The van der Waals surface area contributed by atoms with Gasteiger partial charge < -0.3 is 4.74 Å². The first-order valence-corrected chi connectivity index (χ1v) is 11.0. The molecule has 0 aliphatic rings. The predicted molar refractivity (Wildman–Crippen MR) is 132 cm³/mol. The summed E-state index contributed by atoms with van der Waals surface area (Å²) >= 11 is 6.09. The number of hydrogen-bond donors (Lipinski definition) is 0. The van der Waals surface area contributed by atoms with E-state index >= 15 is 0 Å². The maximum atomic E-state index is 11.9. The molecule has 0 saturated heterocycles. The number of carbonyl (C=O) groups excluding carboxylic acids is 1. The van der Waals surface area contributed by atoms with Gasteiger partial charge in [-0.25, -0.2) is 9.78 Å². The molecular weight excluding hydrogens is 418 g/mol. The Balaban J connectivity index is 1.41. The normalized spacial score (nSPS) is 11.2. The Hall–Kier alpha value is -3.43. The third kappa shape index (κ3) is 5.43. The van der Waals surface area contributed by atoms with Crippen LogP contribution in [-0.4, -0.2) is 18.1 Å². The van der Waals surface area contributed by atoms with Gasteiger partial charge in [-0.2, -0.15) is 0 Å². The zero-order valence-electron chi connectivity index (χ0n) is 17.9. The summed E-state index contributed by atoms with van der Waals surface area (Å²) in [6.45, 7) is 0. The van der Waals surface area contributed by atoms with E-state index in [0.717, 1.165) is 47.0 Å². The fourth-order valence-electron chi connectivity index (χ4n) is 3.76. The summed E-state index contributed by atoms with van der Waals surface area (Å²) in [5, 5.41) is 1.76. The van der Waals surface area contributed by atoms with E-state index in [1.54, 1.807) is 0 Å². The number of halogens is 1. The second kappa shape index (κ2) is 10.3. The lowest BCUT2D eigenvalue weighted by atomic mass is 9.99. The molecule has 0 bridgehead atoms. The van der Waals surface area contributed by atoms with Crippen LogP contribution in [0, 0.1) is 0 Å². The van der Waals surface area contributed by atoms with Crippen LogP contribution in [0.25, 0.3) is 23.1 Å². The molecule has 0 saturated carbocycles. The van der Waals surface area contributed by atoms with Gasteiger partial charge in [-0.05, 0) is 66.3 Å². The van der Waals surface area contributed by atoms with E-state index in [1.165, 1.54) is 12.7 Å². The number of aryl methyl sites for hydroxylation is 2. The van der Waals surface area contributed by atoms with Gasteiger partial charge in [0.1, 0.15) is 0 Å². The Labute approximate surface area is 193 Å². The molecule has 0 N–H and O–H groups in total. The van der Waals surface area contributed by atoms with Crippen LogP contribution in [-0.2, 0) is 17.6 Å². The number of fused-ring (bicyclic) bond motifs is 1. The summed E-state index contributed by atoms with van der Waals surface area (Å²) in [6, 6.07) is 25.9. The van der Waals surface area contributed by atoms with Gasteiger partial charge in [-0.3, -0.25) is 0 Å². The molecule has 0 aliphatic carbocycles. The van der Waals surface area contributed by atoms with Crippen LogP contribution < -0.4 is 0 Å². The quantitative estimate of drug-likeness (QED) is 0.289. The van der Waals surface area contributed by atoms with Gasteiger partial charge in [0.2, 0.25) is 0 Å². The smallest absolute Gasteiger partial charge is 0.338 e. The van der Waals surface area contributed by atoms with E-state index in [2.05, 4.69) is 41.4 Å². The van der Waals surface area contributed by atoms with Crippen LogP contribution in [0.15, 0.2) is 78.9 Å². The average molecular weight is 442 g/mol. The summed E-state index contributed by atoms with van der Waals surface area (Å²) in [5.41, 5.74) is 5.85. The van der Waals surface area contributed by atoms with Crippen molar-refractivity contribution < 1.29 is 9.53 Å². The molecule has 0 fully saturated rings. The molecule has 0 spiro atoms. The number of esters is 1. The van der Waals surface area contributed by atoms with E-state index in [0.29, 0.717) is 10.6 Å². The van der Waals surface area contributed by atoms with E-state index in [-0.39, 0.29) is 5.97 Å². The van der Waals surface area contributed by atoms with Crippen LogP contribution in [0.1, 0.15) is 39.2 Å². The van der Waals surface area contributed by atoms with Gasteiger partial charge >= 0.3 is 5.97 Å². The molecule has 0 unspecified atom stereocenters. The van der Waals surface area contributed by atoms with Gasteiger partial charge in [0.05, 0.1) is 23.9 Å². The second-order valence-electron chi connectivity index (χ2n) is 7.65. The minimum absolute atomic E-state index is 0.280. The molecular formula is C28H24ClNO2. The van der Waals surface area contributed by atoms with Crippen LogP contribution in [0.5, 0.6) is 0 Å². The number of nitrogens with zero attached hydrogens (tertiary/aromatic N) is 1. The van der Waals surface area contributed by atoms with Crippen molar-refractivity contribution in [2.24, 2.45) is 0 Å². The topological polar surface area (TPSA) is 39.2 Å². The Kier molecular flexibility index (Phi) is 6.98. The van der Waals surface area contributed by atoms with E-state index in [1.807, 2.05) is 54.6 Å². The highest BCUT2D eigenvalue weighted by molar-refractivity contribution is 6.31. The fraction of sp³-hybridized carbons (Fsp3) is 0.143. The number of benzene rings is 3. The third-order valence-electron chi connectivity index (χ3n) is 5.41. The number of rotatable bonds is 7. The van der Waals surface area contributed by atoms with Crippen molar-refractivity contribution in [2.75, 3.05) is 7.11 Å². The lowest BCUT2D eigenvalue weighted by Gasteiger charge is -2.08. The SMILES string of the molecule is COC(=O)c1ccccc1CCCc1cccc(/C=C/c2ccc3ccc(Cl)cc3n2)c1. The molecule has 4 aromatic rings. The zero-order chi connectivity index (χ0) is 22.3. The van der Waals surface area contributed by atoms with Crippen molar-refractivity contribution >= 4 is 40.6 Å². The maximum Gasteiger partial charge on any atom is 0.338 e. The molecule has 0 amide bonds. The van der Waals surface area contributed by atoms with Crippen molar-refractivity contribution in [2.45, 2.75) is 19.3 Å². The van der Waals surface area contributed by atoms with Crippen LogP contribution in [0.3, 0.4) is 0 Å².